The van der Waals surface area contributed by atoms with E-state index in [1.807, 2.05) is 0 Å². The first kappa shape index (κ1) is 11.6. The molecule has 2 rings (SSSR count). The molecule has 4 N–H and O–H groups in total. The summed E-state index contributed by atoms with van der Waals surface area (Å²) < 4.78 is 13.4. The molecule has 2 aromatic rings. The van der Waals surface area contributed by atoms with Gasteiger partial charge in [0, 0.05) is 23.5 Å². The van der Waals surface area contributed by atoms with Crippen LogP contribution in [0.4, 0.5) is 4.39 Å². The second-order valence-corrected chi connectivity index (χ2v) is 4.11. The first-order valence-electron chi connectivity index (χ1n) is 5.23. The van der Waals surface area contributed by atoms with E-state index in [0.717, 1.165) is 5.52 Å². The predicted molar refractivity (Wildman–Crippen MR) is 62.3 cm³/mol. The Labute approximate surface area is 97.2 Å². The number of aliphatic carboxylic acids is 1. The predicted octanol–water partition coefficient (Wildman–Crippen LogP) is 1.57. The molecule has 0 radical (unpaired) electrons. The molecule has 0 fully saturated rings. The van der Waals surface area contributed by atoms with E-state index in [1.165, 1.54) is 6.07 Å². The van der Waals surface area contributed by atoms with E-state index < -0.39 is 12.0 Å². The summed E-state index contributed by atoms with van der Waals surface area (Å²) in [5.74, 6) is -1.37. The molecule has 90 valence electrons. The number of hydrogen-bond acceptors (Lipinski definition) is 2. The van der Waals surface area contributed by atoms with Crippen LogP contribution in [-0.4, -0.2) is 22.1 Å². The van der Waals surface area contributed by atoms with Crippen molar-refractivity contribution in [2.45, 2.75) is 19.4 Å². The zero-order valence-electron chi connectivity index (χ0n) is 9.33. The van der Waals surface area contributed by atoms with Crippen molar-refractivity contribution in [1.29, 1.82) is 0 Å². The molecule has 5 heteroatoms. The van der Waals surface area contributed by atoms with E-state index in [2.05, 4.69) is 4.98 Å². The summed E-state index contributed by atoms with van der Waals surface area (Å²) in [4.78, 5) is 13.7. The lowest BCUT2D eigenvalue weighted by Gasteiger charge is -2.05. The molecule has 1 heterocycles. The molecule has 0 aliphatic heterocycles. The molecular weight excluding hydrogens is 223 g/mol. The van der Waals surface area contributed by atoms with Gasteiger partial charge in [-0.2, -0.15) is 0 Å². The maximum absolute atomic E-state index is 13.4. The third-order valence-corrected chi connectivity index (χ3v) is 2.80. The number of carbonyl (C=O) groups is 1. The molecule has 1 aromatic carbocycles. The van der Waals surface area contributed by atoms with Crippen molar-refractivity contribution in [3.63, 3.8) is 0 Å². The number of benzene rings is 1. The summed E-state index contributed by atoms with van der Waals surface area (Å²) in [6.45, 7) is 1.68. The number of aromatic nitrogens is 1. The standard InChI is InChI=1S/C12H13FN2O2/c1-6-2-11-8(4-9(6)13)7(5-15-11)3-10(14)12(16)17/h2,4-5,10,15H,3,14H2,1H3,(H,16,17)/t10-/m0/s1. The molecular formula is C12H13FN2O2. The lowest BCUT2D eigenvalue weighted by molar-refractivity contribution is -0.138. The maximum atomic E-state index is 13.4. The Morgan fingerprint density at radius 1 is 1.59 bits per heavy atom. The molecule has 0 amide bonds. The van der Waals surface area contributed by atoms with E-state index in [4.69, 9.17) is 10.8 Å². The Kier molecular flexibility index (Phi) is 2.85. The number of hydrogen-bond donors (Lipinski definition) is 3. The van der Waals surface area contributed by atoms with E-state index >= 15 is 0 Å². The van der Waals surface area contributed by atoms with Crippen LogP contribution in [0.5, 0.6) is 0 Å². The number of carboxylic acids is 1. The molecule has 0 saturated heterocycles. The topological polar surface area (TPSA) is 79.1 Å². The molecule has 0 saturated carbocycles. The van der Waals surface area contributed by atoms with Gasteiger partial charge in [-0.25, -0.2) is 4.39 Å². The summed E-state index contributed by atoms with van der Waals surface area (Å²) in [6, 6.07) is 2.13. The Bertz CT molecular complexity index is 577. The molecule has 4 nitrogen and oxygen atoms in total. The minimum Gasteiger partial charge on any atom is -0.480 e. The minimum absolute atomic E-state index is 0.178. The summed E-state index contributed by atoms with van der Waals surface area (Å²) in [5, 5.41) is 9.43. The van der Waals surface area contributed by atoms with Gasteiger partial charge in [0.1, 0.15) is 11.9 Å². The second kappa shape index (κ2) is 4.18. The second-order valence-electron chi connectivity index (χ2n) is 4.11. The van der Waals surface area contributed by atoms with Gasteiger partial charge in [0.05, 0.1) is 0 Å². The van der Waals surface area contributed by atoms with E-state index in [0.29, 0.717) is 16.5 Å². The van der Waals surface area contributed by atoms with Gasteiger partial charge in [-0.3, -0.25) is 4.79 Å². The zero-order valence-corrected chi connectivity index (χ0v) is 9.33. The first-order chi connectivity index (χ1) is 7.99. The molecule has 0 unspecified atom stereocenters. The Morgan fingerprint density at radius 3 is 2.94 bits per heavy atom. The number of rotatable bonds is 3. The number of nitrogens with one attached hydrogen (secondary N) is 1. The minimum atomic E-state index is -1.06. The molecule has 17 heavy (non-hydrogen) atoms. The van der Waals surface area contributed by atoms with Crippen molar-refractivity contribution in [3.8, 4) is 0 Å². The van der Waals surface area contributed by atoms with Crippen molar-refractivity contribution in [2.75, 3.05) is 0 Å². The fourth-order valence-corrected chi connectivity index (χ4v) is 1.80. The number of H-pyrrole nitrogens is 1. The van der Waals surface area contributed by atoms with Gasteiger partial charge in [-0.05, 0) is 30.2 Å². The van der Waals surface area contributed by atoms with Crippen LogP contribution in [0.25, 0.3) is 10.9 Å². The molecule has 0 aliphatic carbocycles. The summed E-state index contributed by atoms with van der Waals surface area (Å²) in [6.07, 6.45) is 1.85. The van der Waals surface area contributed by atoms with Crippen LogP contribution in [0.3, 0.4) is 0 Å². The van der Waals surface area contributed by atoms with Gasteiger partial charge in [0.2, 0.25) is 0 Å². The number of aryl methyl sites for hydroxylation is 1. The lowest BCUT2D eigenvalue weighted by Crippen LogP contribution is -2.32. The Hall–Kier alpha value is -1.88. The van der Waals surface area contributed by atoms with Gasteiger partial charge < -0.3 is 15.8 Å². The van der Waals surface area contributed by atoms with Crippen molar-refractivity contribution in [1.82, 2.24) is 4.98 Å². The highest BCUT2D eigenvalue weighted by molar-refractivity contribution is 5.85. The third-order valence-electron chi connectivity index (χ3n) is 2.80. The fraction of sp³-hybridized carbons (Fsp3) is 0.250. The fourth-order valence-electron chi connectivity index (χ4n) is 1.80. The van der Waals surface area contributed by atoms with Crippen LogP contribution in [0.15, 0.2) is 18.3 Å². The van der Waals surface area contributed by atoms with Crippen molar-refractivity contribution in [3.05, 3.63) is 35.3 Å². The summed E-state index contributed by atoms with van der Waals surface area (Å²) >= 11 is 0. The van der Waals surface area contributed by atoms with E-state index in [9.17, 15) is 9.18 Å². The highest BCUT2D eigenvalue weighted by atomic mass is 19.1. The van der Waals surface area contributed by atoms with E-state index in [-0.39, 0.29) is 12.2 Å². The summed E-state index contributed by atoms with van der Waals surface area (Å²) in [5.41, 5.74) is 7.51. The smallest absolute Gasteiger partial charge is 0.320 e. The van der Waals surface area contributed by atoms with Crippen LogP contribution in [0, 0.1) is 12.7 Å². The third kappa shape index (κ3) is 2.14. The van der Waals surface area contributed by atoms with Gasteiger partial charge in [0.15, 0.2) is 0 Å². The van der Waals surface area contributed by atoms with Crippen LogP contribution >= 0.6 is 0 Å². The van der Waals surface area contributed by atoms with Crippen molar-refractivity contribution < 1.29 is 14.3 Å². The molecule has 0 aliphatic rings. The monoisotopic (exact) mass is 236 g/mol. The van der Waals surface area contributed by atoms with Gasteiger partial charge >= 0.3 is 5.97 Å². The Balaban J connectivity index is 2.42. The normalized spacial score (nSPS) is 12.9. The van der Waals surface area contributed by atoms with Gasteiger partial charge in [0.25, 0.3) is 0 Å². The average molecular weight is 236 g/mol. The molecule has 1 atom stereocenters. The van der Waals surface area contributed by atoms with Crippen LogP contribution < -0.4 is 5.73 Å². The molecule has 1 aromatic heterocycles. The van der Waals surface area contributed by atoms with E-state index in [1.54, 1.807) is 19.2 Å². The average Bonchev–Trinajstić information content (AvgIpc) is 2.62. The number of halogens is 1. The van der Waals surface area contributed by atoms with Crippen LogP contribution in [0.1, 0.15) is 11.1 Å². The molecule has 0 bridgehead atoms. The molecule has 0 spiro atoms. The number of fused-ring (bicyclic) bond motifs is 1. The quantitative estimate of drug-likeness (QED) is 0.756. The largest absolute Gasteiger partial charge is 0.480 e. The summed E-state index contributed by atoms with van der Waals surface area (Å²) in [7, 11) is 0. The number of carboxylic acid groups (broad SMARTS) is 1. The number of nitrogens with two attached hydrogens (primary N) is 1. The van der Waals surface area contributed by atoms with Crippen molar-refractivity contribution >= 4 is 16.9 Å². The zero-order chi connectivity index (χ0) is 12.6. The highest BCUT2D eigenvalue weighted by Gasteiger charge is 2.15. The van der Waals surface area contributed by atoms with Gasteiger partial charge in [-0.15, -0.1) is 0 Å². The first-order valence-corrected chi connectivity index (χ1v) is 5.23. The number of aromatic amines is 1. The Morgan fingerprint density at radius 2 is 2.29 bits per heavy atom. The SMILES string of the molecule is Cc1cc2[nH]cc(C[C@H](N)C(=O)O)c2cc1F. The maximum Gasteiger partial charge on any atom is 0.320 e. The van der Waals surface area contributed by atoms with Crippen molar-refractivity contribution in [2.24, 2.45) is 5.73 Å². The van der Waals surface area contributed by atoms with Crippen LogP contribution in [0.2, 0.25) is 0 Å². The van der Waals surface area contributed by atoms with Crippen LogP contribution in [-0.2, 0) is 11.2 Å². The van der Waals surface area contributed by atoms with Gasteiger partial charge in [-0.1, -0.05) is 0 Å². The highest BCUT2D eigenvalue weighted by Crippen LogP contribution is 2.22. The lowest BCUT2D eigenvalue weighted by atomic mass is 10.0.